The maximum absolute atomic E-state index is 2.61. The molecule has 55 heavy (non-hydrogen) atoms. The van der Waals surface area contributed by atoms with Crippen molar-refractivity contribution in [3.63, 3.8) is 0 Å². The van der Waals surface area contributed by atoms with Gasteiger partial charge in [0.15, 0.2) is 0 Å². The van der Waals surface area contributed by atoms with E-state index in [-0.39, 0.29) is 5.41 Å². The molecule has 1 aliphatic rings. The van der Waals surface area contributed by atoms with E-state index < -0.39 is 0 Å². The Labute approximate surface area is 345 Å². The lowest BCUT2D eigenvalue weighted by molar-refractivity contribution is 0.401. The Morgan fingerprint density at radius 1 is 0.400 bits per heavy atom. The van der Waals surface area contributed by atoms with Crippen LogP contribution >= 0.6 is 34.0 Å². The molecule has 0 amide bonds. The van der Waals surface area contributed by atoms with Gasteiger partial charge in [-0.15, -0.1) is 34.0 Å². The fourth-order valence-corrected chi connectivity index (χ4v) is 12.1. The molecule has 0 radical (unpaired) electrons. The van der Waals surface area contributed by atoms with E-state index in [4.69, 9.17) is 0 Å². The first-order chi connectivity index (χ1) is 27.0. The lowest BCUT2D eigenvalue weighted by atomic mass is 9.70. The molecule has 0 unspecified atom stereocenters. The predicted octanol–water partition coefficient (Wildman–Crippen LogP) is 18.0. The Morgan fingerprint density at radius 3 is 1.42 bits per heavy atom. The minimum atomic E-state index is 0.117. The molecule has 0 fully saturated rings. The predicted molar refractivity (Wildman–Crippen MR) is 247 cm³/mol. The summed E-state index contributed by atoms with van der Waals surface area (Å²) in [5.74, 6) is 0. The zero-order chi connectivity index (χ0) is 38.0. The first kappa shape index (κ1) is 40.0. The monoisotopic (exact) mass is 782 g/mol. The number of benzene rings is 3. The van der Waals surface area contributed by atoms with Crippen LogP contribution in [0.25, 0.3) is 51.5 Å². The zero-order valence-electron chi connectivity index (χ0n) is 34.0. The molecule has 0 saturated carbocycles. The first-order valence-electron chi connectivity index (χ1n) is 21.7. The van der Waals surface area contributed by atoms with E-state index in [0.29, 0.717) is 0 Å². The molecule has 288 valence electrons. The molecule has 0 N–H and O–H groups in total. The summed E-state index contributed by atoms with van der Waals surface area (Å²) in [6.07, 6.45) is 22.4. The maximum atomic E-state index is 2.61. The number of aryl methyl sites for hydroxylation is 2. The van der Waals surface area contributed by atoms with E-state index in [9.17, 15) is 0 Å². The van der Waals surface area contributed by atoms with Crippen LogP contribution in [0.5, 0.6) is 0 Å². The van der Waals surface area contributed by atoms with Crippen LogP contribution in [0, 0.1) is 6.92 Å². The molecule has 1 aliphatic carbocycles. The van der Waals surface area contributed by atoms with Crippen molar-refractivity contribution in [2.75, 3.05) is 0 Å². The minimum Gasteiger partial charge on any atom is -0.134 e. The Balaban J connectivity index is 1.08. The number of fused-ring (bicyclic) bond motifs is 3. The third-order valence-electron chi connectivity index (χ3n) is 12.1. The summed E-state index contributed by atoms with van der Waals surface area (Å²) in [6.45, 7) is 9.23. The smallest absolute Gasteiger partial charge is 0.0449 e. The van der Waals surface area contributed by atoms with E-state index in [1.165, 1.54) is 172 Å². The van der Waals surface area contributed by atoms with E-state index in [1.807, 2.05) is 34.0 Å². The second-order valence-corrected chi connectivity index (χ2v) is 19.5. The molecule has 0 nitrogen and oxygen atoms in total. The van der Waals surface area contributed by atoms with Crippen LogP contribution in [0.4, 0.5) is 0 Å². The number of rotatable bonds is 21. The molecule has 7 rings (SSSR count). The van der Waals surface area contributed by atoms with E-state index in [0.717, 1.165) is 0 Å². The molecule has 3 aromatic heterocycles. The molecule has 0 spiro atoms. The van der Waals surface area contributed by atoms with Crippen LogP contribution in [-0.2, 0) is 11.8 Å². The molecule has 0 saturated heterocycles. The van der Waals surface area contributed by atoms with Crippen LogP contribution in [-0.4, -0.2) is 0 Å². The lowest BCUT2D eigenvalue weighted by Gasteiger charge is -2.33. The maximum Gasteiger partial charge on any atom is 0.0449 e. The molecule has 0 atom stereocenters. The number of hydrogen-bond acceptors (Lipinski definition) is 3. The summed E-state index contributed by atoms with van der Waals surface area (Å²) >= 11 is 5.81. The van der Waals surface area contributed by atoms with Gasteiger partial charge in [0.1, 0.15) is 0 Å². The fourth-order valence-electron chi connectivity index (χ4n) is 8.93. The molecule has 3 aromatic carbocycles. The van der Waals surface area contributed by atoms with Gasteiger partial charge in [-0.05, 0) is 114 Å². The quantitative estimate of drug-likeness (QED) is 0.0638. The first-order valence-corrected chi connectivity index (χ1v) is 24.1. The second-order valence-electron chi connectivity index (χ2n) is 16.2. The van der Waals surface area contributed by atoms with Crippen molar-refractivity contribution >= 4 is 34.0 Å². The van der Waals surface area contributed by atoms with Crippen molar-refractivity contribution in [2.45, 2.75) is 142 Å². The van der Waals surface area contributed by atoms with Crippen LogP contribution in [0.15, 0.2) is 97.1 Å². The number of thiophene rings is 3. The van der Waals surface area contributed by atoms with Crippen LogP contribution in [0.3, 0.4) is 0 Å². The summed E-state index contributed by atoms with van der Waals surface area (Å²) in [7, 11) is 0. The van der Waals surface area contributed by atoms with Gasteiger partial charge in [-0.25, -0.2) is 0 Å². The highest BCUT2D eigenvalue weighted by Crippen LogP contribution is 2.55. The van der Waals surface area contributed by atoms with E-state index in [2.05, 4.69) is 125 Å². The van der Waals surface area contributed by atoms with Crippen molar-refractivity contribution < 1.29 is 0 Å². The molecule has 0 bridgehead atoms. The summed E-state index contributed by atoms with van der Waals surface area (Å²) in [4.78, 5) is 8.20. The Hall–Kier alpha value is -3.24. The average Bonchev–Trinajstić information content (AvgIpc) is 4.03. The van der Waals surface area contributed by atoms with Crippen molar-refractivity contribution in [3.8, 4) is 51.5 Å². The van der Waals surface area contributed by atoms with Gasteiger partial charge in [-0.3, -0.25) is 0 Å². The van der Waals surface area contributed by atoms with Crippen molar-refractivity contribution in [1.29, 1.82) is 0 Å². The average molecular weight is 783 g/mol. The van der Waals surface area contributed by atoms with Gasteiger partial charge >= 0.3 is 0 Å². The third-order valence-corrected chi connectivity index (χ3v) is 15.8. The van der Waals surface area contributed by atoms with Crippen LogP contribution in [0.1, 0.15) is 146 Å². The van der Waals surface area contributed by atoms with E-state index in [1.54, 1.807) is 11.1 Å². The van der Waals surface area contributed by atoms with Crippen molar-refractivity contribution in [3.05, 3.63) is 119 Å². The van der Waals surface area contributed by atoms with E-state index >= 15 is 0 Å². The molecule has 0 aliphatic heterocycles. The highest BCUT2D eigenvalue weighted by molar-refractivity contribution is 7.27. The van der Waals surface area contributed by atoms with Crippen LogP contribution in [0.2, 0.25) is 0 Å². The fraction of sp³-hybridized carbons (Fsp3) is 0.423. The van der Waals surface area contributed by atoms with Gasteiger partial charge in [0.2, 0.25) is 0 Å². The highest BCUT2D eigenvalue weighted by atomic mass is 32.1. The third kappa shape index (κ3) is 9.33. The Morgan fingerprint density at radius 2 is 0.836 bits per heavy atom. The summed E-state index contributed by atoms with van der Waals surface area (Å²) in [6, 6.07) is 38.1. The van der Waals surface area contributed by atoms with Crippen molar-refractivity contribution in [2.24, 2.45) is 0 Å². The highest BCUT2D eigenvalue weighted by Gasteiger charge is 2.42. The molecule has 3 heterocycles. The largest absolute Gasteiger partial charge is 0.134 e. The van der Waals surface area contributed by atoms with Gasteiger partial charge < -0.3 is 0 Å². The van der Waals surface area contributed by atoms with Gasteiger partial charge in [0, 0.05) is 34.7 Å². The van der Waals surface area contributed by atoms with Gasteiger partial charge in [-0.2, -0.15) is 0 Å². The summed E-state index contributed by atoms with van der Waals surface area (Å²) in [5, 5.41) is 0. The summed E-state index contributed by atoms with van der Waals surface area (Å²) < 4.78 is 0. The van der Waals surface area contributed by atoms with Crippen LogP contribution < -0.4 is 0 Å². The van der Waals surface area contributed by atoms with Gasteiger partial charge in [-0.1, -0.05) is 164 Å². The van der Waals surface area contributed by atoms with Crippen molar-refractivity contribution in [1.82, 2.24) is 0 Å². The number of unbranched alkanes of at least 4 members (excludes halogenated alkanes) is 11. The topological polar surface area (TPSA) is 0 Å². The normalized spacial score (nSPS) is 13.0. The Kier molecular flexibility index (Phi) is 14.0. The molecular weight excluding hydrogens is 721 g/mol. The Bertz CT molecular complexity index is 2090. The van der Waals surface area contributed by atoms with Gasteiger partial charge in [0.05, 0.1) is 0 Å². The number of hydrogen-bond donors (Lipinski definition) is 0. The minimum absolute atomic E-state index is 0.117. The van der Waals surface area contributed by atoms with Gasteiger partial charge in [0.25, 0.3) is 0 Å². The lowest BCUT2D eigenvalue weighted by Crippen LogP contribution is -2.25. The SMILES string of the molecule is CCCCCCCCc1ccc(-c2ccc(-c3ccc(-c4ccc(-c5ccc6c(c5)C(CCCCCC)(CCCCCC)c5cc(C)ccc5-6)s4)s3)s2)cc1. The molecule has 3 heteroatoms. The second kappa shape index (κ2) is 19.3. The standard InChI is InChI=1S/C52H62S3/c1-5-8-11-14-15-16-19-39-21-23-40(24-22-39)46-28-30-48(53-46)50-32-33-51(55-50)49-31-29-47(54-49)41-25-27-43-42-26-20-38(4)36-44(42)52(45(43)37-41,34-17-12-9-6-2)35-18-13-10-7-3/h20-33,36-37H,5-19,34-35H2,1-4H3. The summed E-state index contributed by atoms with van der Waals surface area (Å²) in [5.41, 5.74) is 11.8. The molecule has 6 aromatic rings. The molecular formula is C52H62S3. The zero-order valence-corrected chi connectivity index (χ0v) is 36.4.